The zero-order valence-electron chi connectivity index (χ0n) is 17.2. The summed E-state index contributed by atoms with van der Waals surface area (Å²) in [5, 5.41) is 0. The van der Waals surface area contributed by atoms with Gasteiger partial charge in [-0.1, -0.05) is 30.3 Å². The van der Waals surface area contributed by atoms with Crippen LogP contribution in [0.15, 0.2) is 60.7 Å². The van der Waals surface area contributed by atoms with Gasteiger partial charge in [0.25, 0.3) is 0 Å². The minimum Gasteiger partial charge on any atom is -0.488 e. The largest absolute Gasteiger partial charge is 0.488 e. The molecule has 0 N–H and O–H groups in total. The lowest BCUT2D eigenvalue weighted by atomic mass is 9.82. The lowest BCUT2D eigenvalue weighted by molar-refractivity contribution is 0.302. The van der Waals surface area contributed by atoms with E-state index < -0.39 is 0 Å². The summed E-state index contributed by atoms with van der Waals surface area (Å²) in [6.07, 6.45) is 2.30. The van der Waals surface area contributed by atoms with E-state index >= 15 is 0 Å². The summed E-state index contributed by atoms with van der Waals surface area (Å²) in [5.41, 5.74) is 8.61. The van der Waals surface area contributed by atoms with Crippen LogP contribution in [0.3, 0.4) is 0 Å². The molecule has 0 radical (unpaired) electrons. The number of rotatable bonds is 1. The third kappa shape index (κ3) is 2.68. The second-order valence-electron chi connectivity index (χ2n) is 8.52. The van der Waals surface area contributed by atoms with Crippen molar-refractivity contribution in [3.63, 3.8) is 0 Å². The maximum absolute atomic E-state index is 13.9. The number of allylic oxidation sites excluding steroid dienone is 1. The Balaban J connectivity index is 1.76. The van der Waals surface area contributed by atoms with Crippen LogP contribution in [0, 0.1) is 12.7 Å². The van der Waals surface area contributed by atoms with Gasteiger partial charge in [0.15, 0.2) is 0 Å². The number of ether oxygens (including phenoxy) is 1. The number of anilines is 2. The molecule has 0 aliphatic carbocycles. The highest BCUT2D eigenvalue weighted by atomic mass is 19.1. The summed E-state index contributed by atoms with van der Waals surface area (Å²) in [7, 11) is 0. The normalized spacial score (nSPS) is 16.3. The number of fused-ring (bicyclic) bond motifs is 5. The van der Waals surface area contributed by atoms with Crippen molar-refractivity contribution in [1.82, 2.24) is 0 Å². The van der Waals surface area contributed by atoms with Crippen molar-refractivity contribution >= 4 is 16.9 Å². The first-order chi connectivity index (χ1) is 13.9. The van der Waals surface area contributed by atoms with Gasteiger partial charge >= 0.3 is 0 Å². The minimum absolute atomic E-state index is 0.175. The van der Waals surface area contributed by atoms with Gasteiger partial charge in [-0.05, 0) is 74.7 Å². The van der Waals surface area contributed by atoms with Crippen LogP contribution in [0.2, 0.25) is 0 Å². The van der Waals surface area contributed by atoms with Crippen molar-refractivity contribution in [3.8, 4) is 16.9 Å². The number of nitrogens with zero attached hydrogens (tertiary/aromatic N) is 1. The van der Waals surface area contributed by atoms with Gasteiger partial charge < -0.3 is 9.64 Å². The molecular formula is C26H24FNO. The van der Waals surface area contributed by atoms with Crippen LogP contribution in [-0.4, -0.2) is 5.54 Å². The molecule has 2 nitrogen and oxygen atoms in total. The van der Waals surface area contributed by atoms with E-state index in [0.29, 0.717) is 12.2 Å². The average molecular weight is 385 g/mol. The Bertz CT molecular complexity index is 1180. The Labute approximate surface area is 171 Å². The van der Waals surface area contributed by atoms with Crippen LogP contribution in [0.25, 0.3) is 16.7 Å². The van der Waals surface area contributed by atoms with Gasteiger partial charge in [-0.3, -0.25) is 0 Å². The van der Waals surface area contributed by atoms with Crippen molar-refractivity contribution in [2.45, 2.75) is 39.8 Å². The van der Waals surface area contributed by atoms with E-state index in [1.165, 1.54) is 22.3 Å². The summed E-state index contributed by atoms with van der Waals surface area (Å²) >= 11 is 0. The van der Waals surface area contributed by atoms with Gasteiger partial charge in [-0.15, -0.1) is 0 Å². The van der Waals surface area contributed by atoms with E-state index in [9.17, 15) is 4.39 Å². The summed E-state index contributed by atoms with van der Waals surface area (Å²) in [4.78, 5) is 2.31. The summed E-state index contributed by atoms with van der Waals surface area (Å²) < 4.78 is 20.0. The fourth-order valence-corrected chi connectivity index (χ4v) is 4.85. The molecule has 5 rings (SSSR count). The molecule has 0 saturated carbocycles. The van der Waals surface area contributed by atoms with E-state index in [-0.39, 0.29) is 11.4 Å². The van der Waals surface area contributed by atoms with Gasteiger partial charge in [0.05, 0.1) is 5.54 Å². The number of hydrogen-bond acceptors (Lipinski definition) is 2. The van der Waals surface area contributed by atoms with E-state index in [1.54, 1.807) is 6.07 Å². The SMILES string of the molecule is CC1=CC(C)(C)N(c2ccc(F)c(C)c2)c2ccc3c(c21)COc1ccccc1-3. The molecule has 3 heteroatoms. The highest BCUT2D eigenvalue weighted by Crippen LogP contribution is 2.49. The third-order valence-electron chi connectivity index (χ3n) is 6.02. The molecule has 2 aliphatic heterocycles. The number of benzene rings is 3. The topological polar surface area (TPSA) is 12.5 Å². The van der Waals surface area contributed by atoms with Crippen LogP contribution < -0.4 is 9.64 Å². The second kappa shape index (κ2) is 6.21. The lowest BCUT2D eigenvalue weighted by Crippen LogP contribution is -2.42. The van der Waals surface area contributed by atoms with Gasteiger partial charge in [-0.2, -0.15) is 0 Å². The molecule has 0 fully saturated rings. The highest BCUT2D eigenvalue weighted by molar-refractivity contribution is 5.92. The fraction of sp³-hybridized carbons (Fsp3) is 0.231. The van der Waals surface area contributed by atoms with E-state index in [1.807, 2.05) is 31.2 Å². The van der Waals surface area contributed by atoms with E-state index in [0.717, 1.165) is 22.7 Å². The first-order valence-electron chi connectivity index (χ1n) is 10.0. The first kappa shape index (κ1) is 18.0. The maximum atomic E-state index is 13.9. The van der Waals surface area contributed by atoms with Crippen molar-refractivity contribution in [3.05, 3.63) is 83.2 Å². The zero-order chi connectivity index (χ0) is 20.3. The second-order valence-corrected chi connectivity index (χ2v) is 8.52. The van der Waals surface area contributed by atoms with Gasteiger partial charge in [-0.25, -0.2) is 4.39 Å². The Morgan fingerprint density at radius 1 is 0.966 bits per heavy atom. The van der Waals surface area contributed by atoms with Crippen LogP contribution in [-0.2, 0) is 6.61 Å². The molecule has 3 aromatic carbocycles. The molecule has 0 amide bonds. The lowest BCUT2D eigenvalue weighted by Gasteiger charge is -2.44. The number of para-hydroxylation sites is 1. The standard InChI is InChI=1S/C26H24FNO/c1-16-13-18(9-11-22(16)27)28-23-12-10-19-20-7-5-6-8-24(20)29-15-21(19)25(23)17(2)14-26(28,3)4/h5-14H,15H2,1-4H3. The maximum Gasteiger partial charge on any atom is 0.127 e. The molecule has 0 atom stereocenters. The number of hydrogen-bond donors (Lipinski definition) is 0. The van der Waals surface area contributed by atoms with Crippen molar-refractivity contribution < 1.29 is 9.13 Å². The molecule has 0 bridgehead atoms. The molecule has 0 saturated heterocycles. The summed E-state index contributed by atoms with van der Waals surface area (Å²) in [6, 6.07) is 18.0. The van der Waals surface area contributed by atoms with Crippen LogP contribution >= 0.6 is 0 Å². The highest BCUT2D eigenvalue weighted by Gasteiger charge is 2.35. The average Bonchev–Trinajstić information content (AvgIpc) is 2.69. The van der Waals surface area contributed by atoms with Crippen LogP contribution in [0.5, 0.6) is 5.75 Å². The minimum atomic E-state index is -0.233. The molecule has 2 heterocycles. The van der Waals surface area contributed by atoms with Crippen LogP contribution in [0.4, 0.5) is 15.8 Å². The molecule has 0 aromatic heterocycles. The van der Waals surface area contributed by atoms with Crippen molar-refractivity contribution in [2.24, 2.45) is 0 Å². The Morgan fingerprint density at radius 3 is 2.55 bits per heavy atom. The fourth-order valence-electron chi connectivity index (χ4n) is 4.85. The summed E-state index contributed by atoms with van der Waals surface area (Å²) in [6.45, 7) is 8.94. The number of aryl methyl sites for hydroxylation is 1. The quantitative estimate of drug-likeness (QED) is 0.446. The molecular weight excluding hydrogens is 361 g/mol. The molecule has 0 unspecified atom stereocenters. The van der Waals surface area contributed by atoms with E-state index in [4.69, 9.17) is 4.74 Å². The predicted molar refractivity (Wildman–Crippen MR) is 117 cm³/mol. The smallest absolute Gasteiger partial charge is 0.127 e. The van der Waals surface area contributed by atoms with Crippen LogP contribution in [0.1, 0.15) is 37.5 Å². The molecule has 0 spiro atoms. The molecule has 3 aromatic rings. The molecule has 2 aliphatic rings. The van der Waals surface area contributed by atoms with Crippen molar-refractivity contribution in [1.29, 1.82) is 0 Å². The molecule has 29 heavy (non-hydrogen) atoms. The van der Waals surface area contributed by atoms with Gasteiger partial charge in [0, 0.05) is 28.1 Å². The monoisotopic (exact) mass is 385 g/mol. The third-order valence-corrected chi connectivity index (χ3v) is 6.02. The van der Waals surface area contributed by atoms with Gasteiger partial charge in [0.2, 0.25) is 0 Å². The zero-order valence-corrected chi connectivity index (χ0v) is 17.2. The predicted octanol–water partition coefficient (Wildman–Crippen LogP) is 7.03. The summed E-state index contributed by atoms with van der Waals surface area (Å²) in [5.74, 6) is 0.759. The Kier molecular flexibility index (Phi) is 3.86. The van der Waals surface area contributed by atoms with E-state index in [2.05, 4.69) is 56.0 Å². The van der Waals surface area contributed by atoms with Gasteiger partial charge in [0.1, 0.15) is 18.2 Å². The Hall–Kier alpha value is -3.07. The number of halogens is 1. The first-order valence-corrected chi connectivity index (χ1v) is 10.0. The Morgan fingerprint density at radius 2 is 1.76 bits per heavy atom. The van der Waals surface area contributed by atoms with Crippen molar-refractivity contribution in [2.75, 3.05) is 4.90 Å². The molecule has 146 valence electrons.